The first-order valence-corrected chi connectivity index (χ1v) is 9.86. The van der Waals surface area contributed by atoms with E-state index in [1.165, 1.54) is 23.2 Å². The quantitative estimate of drug-likeness (QED) is 0.765. The van der Waals surface area contributed by atoms with E-state index in [0.717, 1.165) is 38.8 Å². The van der Waals surface area contributed by atoms with Crippen molar-refractivity contribution >= 4 is 17.5 Å². The van der Waals surface area contributed by atoms with Gasteiger partial charge in [-0.05, 0) is 43.9 Å². The van der Waals surface area contributed by atoms with Crippen molar-refractivity contribution in [2.24, 2.45) is 0 Å². The molecule has 1 saturated heterocycles. The molecular formula is C21H31N3O2. The van der Waals surface area contributed by atoms with Gasteiger partial charge < -0.3 is 14.7 Å². The highest BCUT2D eigenvalue weighted by Gasteiger charge is 2.31. The molecular weight excluding hydrogens is 326 g/mol. The molecule has 26 heavy (non-hydrogen) atoms. The maximum atomic E-state index is 12.7. The Morgan fingerprint density at radius 1 is 1.00 bits per heavy atom. The number of carbonyl (C=O) groups excluding carboxylic acids is 2. The maximum absolute atomic E-state index is 12.7. The Bertz CT molecular complexity index is 659. The standard InChI is InChI=1S/C21H31N3O2/c1-16-8-7-11-19(17(16)2)23-12-14-24(15-13-23)21(26)20(25)22(3)18-9-5-4-6-10-18/h7-8,11,18H,4-6,9-10,12-15H2,1-3H3. The van der Waals surface area contributed by atoms with Crippen molar-refractivity contribution in [2.45, 2.75) is 52.0 Å². The van der Waals surface area contributed by atoms with Gasteiger partial charge in [0.25, 0.3) is 0 Å². The summed E-state index contributed by atoms with van der Waals surface area (Å²) in [5.41, 5.74) is 3.81. The minimum Gasteiger partial charge on any atom is -0.368 e. The number of piperazine rings is 1. The zero-order valence-electron chi connectivity index (χ0n) is 16.3. The normalized spacial score (nSPS) is 18.7. The van der Waals surface area contributed by atoms with Crippen LogP contribution in [0.5, 0.6) is 0 Å². The fraction of sp³-hybridized carbons (Fsp3) is 0.619. The summed E-state index contributed by atoms with van der Waals surface area (Å²) >= 11 is 0. The molecule has 0 radical (unpaired) electrons. The van der Waals surface area contributed by atoms with Crippen LogP contribution >= 0.6 is 0 Å². The molecule has 0 atom stereocenters. The van der Waals surface area contributed by atoms with Gasteiger partial charge in [0.15, 0.2) is 0 Å². The molecule has 5 nitrogen and oxygen atoms in total. The van der Waals surface area contributed by atoms with Crippen LogP contribution in [0.1, 0.15) is 43.2 Å². The summed E-state index contributed by atoms with van der Waals surface area (Å²) in [6.45, 7) is 7.03. The number of aryl methyl sites for hydroxylation is 1. The smallest absolute Gasteiger partial charge is 0.312 e. The third kappa shape index (κ3) is 3.87. The average Bonchev–Trinajstić information content (AvgIpc) is 2.69. The molecule has 1 aromatic rings. The van der Waals surface area contributed by atoms with Crippen molar-refractivity contribution in [3.63, 3.8) is 0 Å². The molecule has 1 aromatic carbocycles. The summed E-state index contributed by atoms with van der Waals surface area (Å²) in [6, 6.07) is 6.58. The van der Waals surface area contributed by atoms with Crippen LogP contribution in [0, 0.1) is 13.8 Å². The van der Waals surface area contributed by atoms with Crippen molar-refractivity contribution in [3.8, 4) is 0 Å². The Hall–Kier alpha value is -2.04. The van der Waals surface area contributed by atoms with Gasteiger partial charge in [0.05, 0.1) is 0 Å². The van der Waals surface area contributed by atoms with E-state index in [1.54, 1.807) is 16.8 Å². The highest BCUT2D eigenvalue weighted by molar-refractivity contribution is 6.34. The second-order valence-corrected chi connectivity index (χ2v) is 7.71. The molecule has 0 spiro atoms. The van der Waals surface area contributed by atoms with Crippen molar-refractivity contribution in [1.82, 2.24) is 9.80 Å². The van der Waals surface area contributed by atoms with E-state index in [2.05, 4.69) is 36.9 Å². The summed E-state index contributed by atoms with van der Waals surface area (Å²) < 4.78 is 0. The summed E-state index contributed by atoms with van der Waals surface area (Å²) in [5, 5.41) is 0. The van der Waals surface area contributed by atoms with E-state index in [1.807, 2.05) is 0 Å². The first kappa shape index (κ1) is 18.7. The molecule has 1 heterocycles. The Labute approximate surface area is 156 Å². The van der Waals surface area contributed by atoms with Crippen LogP contribution in [-0.2, 0) is 9.59 Å². The Balaban J connectivity index is 1.57. The number of anilines is 1. The molecule has 3 rings (SSSR count). The van der Waals surface area contributed by atoms with Gasteiger partial charge in [-0.3, -0.25) is 9.59 Å². The number of benzene rings is 1. The Morgan fingerprint density at radius 2 is 1.65 bits per heavy atom. The van der Waals surface area contributed by atoms with Gasteiger partial charge in [0, 0.05) is 45.0 Å². The van der Waals surface area contributed by atoms with Crippen molar-refractivity contribution in [3.05, 3.63) is 29.3 Å². The summed E-state index contributed by atoms with van der Waals surface area (Å²) in [7, 11) is 1.79. The van der Waals surface area contributed by atoms with E-state index < -0.39 is 0 Å². The van der Waals surface area contributed by atoms with Crippen LogP contribution in [0.2, 0.25) is 0 Å². The highest BCUT2D eigenvalue weighted by Crippen LogP contribution is 2.25. The van der Waals surface area contributed by atoms with E-state index in [-0.39, 0.29) is 17.9 Å². The predicted octanol–water partition coefficient (Wildman–Crippen LogP) is 2.74. The minimum atomic E-state index is -0.336. The molecule has 1 aliphatic carbocycles. The van der Waals surface area contributed by atoms with Gasteiger partial charge in [0.2, 0.25) is 0 Å². The number of carbonyl (C=O) groups is 2. The fourth-order valence-electron chi connectivity index (χ4n) is 4.15. The largest absolute Gasteiger partial charge is 0.368 e. The van der Waals surface area contributed by atoms with Crippen molar-refractivity contribution in [2.75, 3.05) is 38.1 Å². The number of nitrogens with zero attached hydrogens (tertiary/aromatic N) is 3. The van der Waals surface area contributed by atoms with Crippen LogP contribution in [0.25, 0.3) is 0 Å². The van der Waals surface area contributed by atoms with Gasteiger partial charge >= 0.3 is 11.8 Å². The number of amides is 2. The lowest BCUT2D eigenvalue weighted by Crippen LogP contribution is -2.54. The van der Waals surface area contributed by atoms with E-state index in [0.29, 0.717) is 13.1 Å². The lowest BCUT2D eigenvalue weighted by Gasteiger charge is -2.38. The molecule has 2 aliphatic rings. The number of rotatable bonds is 2. The lowest BCUT2D eigenvalue weighted by molar-refractivity contribution is -0.152. The lowest BCUT2D eigenvalue weighted by atomic mass is 9.94. The predicted molar refractivity (Wildman–Crippen MR) is 104 cm³/mol. The topological polar surface area (TPSA) is 43.9 Å². The fourth-order valence-corrected chi connectivity index (χ4v) is 4.15. The molecule has 1 aliphatic heterocycles. The number of hydrogen-bond donors (Lipinski definition) is 0. The maximum Gasteiger partial charge on any atom is 0.312 e. The molecule has 2 amide bonds. The third-order valence-electron chi connectivity index (χ3n) is 6.11. The second-order valence-electron chi connectivity index (χ2n) is 7.71. The van der Waals surface area contributed by atoms with Crippen LogP contribution in [0.4, 0.5) is 5.69 Å². The first-order chi connectivity index (χ1) is 12.5. The van der Waals surface area contributed by atoms with E-state index in [9.17, 15) is 9.59 Å². The van der Waals surface area contributed by atoms with Crippen LogP contribution in [-0.4, -0.2) is 60.9 Å². The number of likely N-dealkylation sites (N-methyl/N-ethyl adjacent to an activating group) is 1. The molecule has 0 N–H and O–H groups in total. The van der Waals surface area contributed by atoms with E-state index >= 15 is 0 Å². The zero-order valence-corrected chi connectivity index (χ0v) is 16.3. The zero-order chi connectivity index (χ0) is 18.7. The van der Waals surface area contributed by atoms with Gasteiger partial charge in [-0.25, -0.2) is 0 Å². The molecule has 2 fully saturated rings. The molecule has 1 saturated carbocycles. The van der Waals surface area contributed by atoms with Crippen molar-refractivity contribution in [1.29, 1.82) is 0 Å². The molecule has 142 valence electrons. The molecule has 0 aromatic heterocycles. The van der Waals surface area contributed by atoms with Gasteiger partial charge in [0.1, 0.15) is 0 Å². The minimum absolute atomic E-state index is 0.233. The van der Waals surface area contributed by atoms with Crippen LogP contribution < -0.4 is 4.90 Å². The monoisotopic (exact) mass is 357 g/mol. The SMILES string of the molecule is Cc1cccc(N2CCN(C(=O)C(=O)N(C)C3CCCCC3)CC2)c1C. The van der Waals surface area contributed by atoms with E-state index in [4.69, 9.17) is 0 Å². The van der Waals surface area contributed by atoms with Crippen LogP contribution in [0.15, 0.2) is 18.2 Å². The highest BCUT2D eigenvalue weighted by atomic mass is 16.2. The summed E-state index contributed by atoms with van der Waals surface area (Å²) in [6.07, 6.45) is 5.61. The first-order valence-electron chi connectivity index (χ1n) is 9.86. The molecule has 0 unspecified atom stereocenters. The Morgan fingerprint density at radius 3 is 2.31 bits per heavy atom. The summed E-state index contributed by atoms with van der Waals surface area (Å²) in [5.74, 6) is -0.671. The summed E-state index contributed by atoms with van der Waals surface area (Å²) in [4.78, 5) is 31.0. The second kappa shape index (κ2) is 8.11. The van der Waals surface area contributed by atoms with Crippen LogP contribution in [0.3, 0.4) is 0 Å². The van der Waals surface area contributed by atoms with Gasteiger partial charge in [-0.2, -0.15) is 0 Å². The average molecular weight is 357 g/mol. The van der Waals surface area contributed by atoms with Gasteiger partial charge in [-0.1, -0.05) is 31.4 Å². The number of hydrogen-bond acceptors (Lipinski definition) is 3. The Kier molecular flexibility index (Phi) is 5.84. The molecule has 0 bridgehead atoms. The third-order valence-corrected chi connectivity index (χ3v) is 6.11. The molecule has 5 heteroatoms. The van der Waals surface area contributed by atoms with Crippen molar-refractivity contribution < 1.29 is 9.59 Å². The van der Waals surface area contributed by atoms with Gasteiger partial charge in [-0.15, -0.1) is 0 Å².